The Bertz CT molecular complexity index is 255. The number of hydrogen-bond acceptors (Lipinski definition) is 2. The Hall–Kier alpha value is -0.810. The largest absolute Gasteiger partial charge is 0.292 e. The maximum Gasteiger partial charge on any atom is 0.208 e. The van der Waals surface area contributed by atoms with Crippen molar-refractivity contribution in [3.05, 3.63) is 0 Å². The molecule has 1 aliphatic rings. The summed E-state index contributed by atoms with van der Waals surface area (Å²) in [5, 5.41) is 0. The van der Waals surface area contributed by atoms with E-state index in [0.717, 1.165) is 26.1 Å². The number of carbonyl (C=O) groups is 1. The predicted molar refractivity (Wildman–Crippen MR) is 62.5 cm³/mol. The molecule has 1 rings (SSSR count). The van der Waals surface area contributed by atoms with Crippen molar-refractivity contribution in [3.63, 3.8) is 0 Å². The third kappa shape index (κ3) is 4.48. The summed E-state index contributed by atoms with van der Waals surface area (Å²) in [5.41, 5.74) is 0. The molecule has 0 amide bonds. The van der Waals surface area contributed by atoms with Gasteiger partial charge in [-0.05, 0) is 38.3 Å². The van der Waals surface area contributed by atoms with Crippen LogP contribution in [0.3, 0.4) is 0 Å². The fourth-order valence-corrected chi connectivity index (χ4v) is 1.66. The highest BCUT2D eigenvalue weighted by atomic mass is 16.1. The normalized spacial score (nSPS) is 19.1. The van der Waals surface area contributed by atoms with E-state index < -0.39 is 0 Å². The number of hydrogen-bond donors (Lipinski definition) is 0. The van der Waals surface area contributed by atoms with E-state index in [1.54, 1.807) is 0 Å². The summed E-state index contributed by atoms with van der Waals surface area (Å²) in [6, 6.07) is 0. The van der Waals surface area contributed by atoms with Crippen LogP contribution in [0.15, 0.2) is 0 Å². The second kappa shape index (κ2) is 6.63. The second-order valence-corrected chi connectivity index (χ2v) is 4.31. The van der Waals surface area contributed by atoms with Crippen LogP contribution in [-0.4, -0.2) is 30.3 Å². The molecule has 2 nitrogen and oxygen atoms in total. The van der Waals surface area contributed by atoms with Crippen LogP contribution >= 0.6 is 0 Å². The molecule has 15 heavy (non-hydrogen) atoms. The lowest BCUT2D eigenvalue weighted by Gasteiger charge is -2.23. The fourth-order valence-electron chi connectivity index (χ4n) is 1.66. The minimum atomic E-state index is 0.0921. The minimum absolute atomic E-state index is 0.0921. The van der Waals surface area contributed by atoms with Crippen LogP contribution in [-0.2, 0) is 4.79 Å². The number of likely N-dealkylation sites (tertiary alicyclic amines) is 1. The Balaban J connectivity index is 2.28. The van der Waals surface area contributed by atoms with Crippen molar-refractivity contribution < 1.29 is 4.79 Å². The summed E-state index contributed by atoms with van der Waals surface area (Å²) in [6.45, 7) is 7.02. The van der Waals surface area contributed by atoms with Gasteiger partial charge in [0.05, 0.1) is 6.54 Å². The Morgan fingerprint density at radius 2 is 2.00 bits per heavy atom. The lowest BCUT2D eigenvalue weighted by Crippen LogP contribution is -2.30. The van der Waals surface area contributed by atoms with E-state index in [0.29, 0.717) is 0 Å². The van der Waals surface area contributed by atoms with Gasteiger partial charge in [-0.15, -0.1) is 0 Å². The van der Waals surface area contributed by atoms with Gasteiger partial charge in [-0.25, -0.2) is 0 Å². The Morgan fingerprint density at radius 3 is 2.60 bits per heavy atom. The van der Waals surface area contributed by atoms with Gasteiger partial charge in [0.2, 0.25) is 5.78 Å². The van der Waals surface area contributed by atoms with E-state index in [2.05, 4.69) is 16.7 Å². The molecule has 0 aromatic rings. The Labute approximate surface area is 93.0 Å². The van der Waals surface area contributed by atoms with Crippen molar-refractivity contribution in [1.29, 1.82) is 0 Å². The van der Waals surface area contributed by atoms with Gasteiger partial charge in [0, 0.05) is 5.92 Å². The number of nitrogens with zero attached hydrogens (tertiary/aromatic N) is 1. The molecule has 0 spiro atoms. The lowest BCUT2D eigenvalue weighted by molar-refractivity contribution is -0.116. The first-order valence-corrected chi connectivity index (χ1v) is 5.99. The highest BCUT2D eigenvalue weighted by molar-refractivity contribution is 5.97. The SMILES string of the molecule is CCC(C)C(=O)C#CCN1CCCCC1. The molecule has 84 valence electrons. The highest BCUT2D eigenvalue weighted by Crippen LogP contribution is 2.07. The van der Waals surface area contributed by atoms with Gasteiger partial charge < -0.3 is 0 Å². The molecule has 0 N–H and O–H groups in total. The molecule has 0 aromatic heterocycles. The summed E-state index contributed by atoms with van der Waals surface area (Å²) in [7, 11) is 0. The van der Waals surface area contributed by atoms with Crippen molar-refractivity contribution in [2.75, 3.05) is 19.6 Å². The zero-order chi connectivity index (χ0) is 11.1. The van der Waals surface area contributed by atoms with Crippen molar-refractivity contribution in [3.8, 4) is 11.8 Å². The smallest absolute Gasteiger partial charge is 0.208 e. The molecular formula is C13H21NO. The van der Waals surface area contributed by atoms with Crippen LogP contribution in [0.5, 0.6) is 0 Å². The lowest BCUT2D eigenvalue weighted by atomic mass is 10.0. The second-order valence-electron chi connectivity index (χ2n) is 4.31. The van der Waals surface area contributed by atoms with Gasteiger partial charge in [-0.3, -0.25) is 9.69 Å². The molecule has 0 aromatic carbocycles. The predicted octanol–water partition coefficient (Wildman–Crippen LogP) is 2.09. The number of rotatable bonds is 3. The first kappa shape index (κ1) is 12.3. The molecule has 1 atom stereocenters. The van der Waals surface area contributed by atoms with Crippen LogP contribution in [0, 0.1) is 17.8 Å². The van der Waals surface area contributed by atoms with Crippen LogP contribution in [0.1, 0.15) is 39.5 Å². The average Bonchev–Trinajstić information content (AvgIpc) is 2.29. The van der Waals surface area contributed by atoms with Gasteiger partial charge in [0.15, 0.2) is 0 Å². The zero-order valence-corrected chi connectivity index (χ0v) is 9.88. The molecule has 1 saturated heterocycles. The quantitative estimate of drug-likeness (QED) is 0.522. The van der Waals surface area contributed by atoms with Gasteiger partial charge in [0.1, 0.15) is 0 Å². The van der Waals surface area contributed by atoms with Crippen LogP contribution < -0.4 is 0 Å². The van der Waals surface area contributed by atoms with E-state index in [-0.39, 0.29) is 11.7 Å². The van der Waals surface area contributed by atoms with Crippen LogP contribution in [0.4, 0.5) is 0 Å². The molecule has 2 heteroatoms. The topological polar surface area (TPSA) is 20.3 Å². The summed E-state index contributed by atoms with van der Waals surface area (Å²) < 4.78 is 0. The molecule has 1 unspecified atom stereocenters. The number of carbonyl (C=O) groups excluding carboxylic acids is 1. The number of Topliss-reactive ketones (excluding diaryl/α,β-unsaturated/α-hetero) is 1. The van der Waals surface area contributed by atoms with Crippen LogP contribution in [0.2, 0.25) is 0 Å². The van der Waals surface area contributed by atoms with E-state index in [1.807, 2.05) is 13.8 Å². The third-order valence-electron chi connectivity index (χ3n) is 3.02. The molecular weight excluding hydrogens is 186 g/mol. The summed E-state index contributed by atoms with van der Waals surface area (Å²) in [5.74, 6) is 5.93. The number of piperidine rings is 1. The van der Waals surface area contributed by atoms with E-state index in [4.69, 9.17) is 0 Å². The zero-order valence-electron chi connectivity index (χ0n) is 9.88. The van der Waals surface area contributed by atoms with Crippen molar-refractivity contribution in [2.45, 2.75) is 39.5 Å². The molecule has 0 saturated carbocycles. The average molecular weight is 207 g/mol. The van der Waals surface area contributed by atoms with E-state index in [9.17, 15) is 4.79 Å². The Morgan fingerprint density at radius 1 is 1.33 bits per heavy atom. The van der Waals surface area contributed by atoms with Gasteiger partial charge in [-0.2, -0.15) is 0 Å². The maximum absolute atomic E-state index is 11.4. The highest BCUT2D eigenvalue weighted by Gasteiger charge is 2.09. The molecule has 0 bridgehead atoms. The first-order valence-electron chi connectivity index (χ1n) is 5.99. The van der Waals surface area contributed by atoms with Gasteiger partial charge >= 0.3 is 0 Å². The standard InChI is InChI=1S/C13H21NO/c1-3-12(2)13(15)8-7-11-14-9-5-4-6-10-14/h12H,3-6,9-11H2,1-2H3. The number of ketones is 1. The van der Waals surface area contributed by atoms with Crippen molar-refractivity contribution in [2.24, 2.45) is 5.92 Å². The molecule has 1 aliphatic heterocycles. The summed E-state index contributed by atoms with van der Waals surface area (Å²) in [6.07, 6.45) is 4.79. The van der Waals surface area contributed by atoms with E-state index >= 15 is 0 Å². The molecule has 0 aliphatic carbocycles. The van der Waals surface area contributed by atoms with Crippen molar-refractivity contribution >= 4 is 5.78 Å². The fraction of sp³-hybridized carbons (Fsp3) is 0.769. The van der Waals surface area contributed by atoms with Gasteiger partial charge in [-0.1, -0.05) is 26.2 Å². The maximum atomic E-state index is 11.4. The Kier molecular flexibility index (Phi) is 5.42. The van der Waals surface area contributed by atoms with Gasteiger partial charge in [0.25, 0.3) is 0 Å². The molecule has 0 radical (unpaired) electrons. The minimum Gasteiger partial charge on any atom is -0.292 e. The first-order chi connectivity index (χ1) is 7.24. The summed E-state index contributed by atoms with van der Waals surface area (Å²) >= 11 is 0. The third-order valence-corrected chi connectivity index (χ3v) is 3.02. The van der Waals surface area contributed by atoms with Crippen LogP contribution in [0.25, 0.3) is 0 Å². The monoisotopic (exact) mass is 207 g/mol. The summed E-state index contributed by atoms with van der Waals surface area (Å²) in [4.78, 5) is 13.8. The molecule has 1 fully saturated rings. The van der Waals surface area contributed by atoms with Crippen molar-refractivity contribution in [1.82, 2.24) is 4.90 Å². The van der Waals surface area contributed by atoms with E-state index in [1.165, 1.54) is 19.3 Å². The molecule has 1 heterocycles.